The molecule has 24 heavy (non-hydrogen) atoms. The number of benzene rings is 2. The molecular weight excluding hydrogens is 342 g/mol. The van der Waals surface area contributed by atoms with Gasteiger partial charge in [0.15, 0.2) is 0 Å². The Hall–Kier alpha value is -2.11. The van der Waals surface area contributed by atoms with Gasteiger partial charge in [-0.1, -0.05) is 23.7 Å². The topological polar surface area (TPSA) is 37.7 Å². The van der Waals surface area contributed by atoms with Gasteiger partial charge in [0.25, 0.3) is 0 Å². The number of hydrogen-bond donors (Lipinski definition) is 0. The number of ether oxygens (including phenoxy) is 1. The van der Waals surface area contributed by atoms with Crippen molar-refractivity contribution in [3.05, 3.63) is 47.0 Å². The van der Waals surface area contributed by atoms with Gasteiger partial charge in [0.1, 0.15) is 5.75 Å². The van der Waals surface area contributed by atoms with E-state index in [-0.39, 0.29) is 0 Å². The number of halogens is 1. The van der Waals surface area contributed by atoms with E-state index < -0.39 is 0 Å². The van der Waals surface area contributed by atoms with Crippen molar-refractivity contribution in [2.24, 2.45) is 4.99 Å². The fourth-order valence-corrected chi connectivity index (χ4v) is 3.08. The third-order valence-electron chi connectivity index (χ3n) is 3.69. The van der Waals surface area contributed by atoms with Crippen molar-refractivity contribution < 1.29 is 4.74 Å². The molecule has 0 bridgehead atoms. The summed E-state index contributed by atoms with van der Waals surface area (Å²) in [5, 5.41) is 2.33. The molecule has 0 fully saturated rings. The van der Waals surface area contributed by atoms with Crippen LogP contribution in [0, 0.1) is 6.92 Å². The van der Waals surface area contributed by atoms with Crippen molar-refractivity contribution in [1.29, 1.82) is 0 Å². The number of aromatic nitrogens is 1. The van der Waals surface area contributed by atoms with Crippen molar-refractivity contribution >= 4 is 46.1 Å². The van der Waals surface area contributed by atoms with Gasteiger partial charge in [-0.3, -0.25) is 0 Å². The molecule has 0 amide bonds. The van der Waals surface area contributed by atoms with Gasteiger partial charge in [-0.2, -0.15) is 4.37 Å². The van der Waals surface area contributed by atoms with Gasteiger partial charge >= 0.3 is 0 Å². The van der Waals surface area contributed by atoms with E-state index in [2.05, 4.69) is 16.3 Å². The van der Waals surface area contributed by atoms with Crippen LogP contribution in [0.3, 0.4) is 0 Å². The zero-order valence-electron chi connectivity index (χ0n) is 13.8. The Morgan fingerprint density at radius 2 is 2.12 bits per heavy atom. The monoisotopic (exact) mass is 359 g/mol. The Bertz CT molecular complexity index is 891. The normalized spacial score (nSPS) is 11.3. The van der Waals surface area contributed by atoms with E-state index in [0.29, 0.717) is 5.02 Å². The Morgan fingerprint density at radius 1 is 1.33 bits per heavy atom. The van der Waals surface area contributed by atoms with Gasteiger partial charge < -0.3 is 9.64 Å². The average molecular weight is 360 g/mol. The third kappa shape index (κ3) is 3.52. The second kappa shape index (κ2) is 7.20. The van der Waals surface area contributed by atoms with Crippen LogP contribution in [0.1, 0.15) is 12.5 Å². The van der Waals surface area contributed by atoms with Gasteiger partial charge in [0.2, 0.25) is 5.06 Å². The first-order valence-electron chi connectivity index (χ1n) is 7.65. The molecule has 0 radical (unpaired) electrons. The van der Waals surface area contributed by atoms with Gasteiger partial charge in [-0.05, 0) is 37.6 Å². The Morgan fingerprint density at radius 3 is 2.92 bits per heavy atom. The summed E-state index contributed by atoms with van der Waals surface area (Å²) in [5.41, 5.74) is 2.64. The summed E-state index contributed by atoms with van der Waals surface area (Å²) in [5.74, 6) is 0.720. The van der Waals surface area contributed by atoms with Gasteiger partial charge in [-0.25, -0.2) is 4.99 Å². The lowest BCUT2D eigenvalue weighted by atomic mass is 10.2. The highest BCUT2D eigenvalue weighted by Crippen LogP contribution is 2.38. The maximum atomic E-state index is 6.36. The summed E-state index contributed by atoms with van der Waals surface area (Å²) < 4.78 is 10.5. The lowest BCUT2D eigenvalue weighted by Crippen LogP contribution is -2.14. The highest BCUT2D eigenvalue weighted by molar-refractivity contribution is 7.09. The highest BCUT2D eigenvalue weighted by Gasteiger charge is 2.11. The van der Waals surface area contributed by atoms with Crippen LogP contribution in [-0.4, -0.2) is 29.2 Å². The van der Waals surface area contributed by atoms with Gasteiger partial charge in [-0.15, -0.1) is 0 Å². The first-order valence-corrected chi connectivity index (χ1v) is 8.80. The quantitative estimate of drug-likeness (QED) is 0.435. The van der Waals surface area contributed by atoms with Crippen LogP contribution >= 0.6 is 23.1 Å². The highest BCUT2D eigenvalue weighted by atomic mass is 35.5. The predicted octanol–water partition coefficient (Wildman–Crippen LogP) is 5.66. The Balaban J connectivity index is 1.89. The second-order valence-electron chi connectivity index (χ2n) is 5.48. The molecule has 1 aromatic heterocycles. The minimum Gasteiger partial charge on any atom is -0.444 e. The largest absolute Gasteiger partial charge is 0.444 e. The summed E-state index contributed by atoms with van der Waals surface area (Å²) in [4.78, 5) is 6.41. The van der Waals surface area contributed by atoms with Crippen LogP contribution in [0.2, 0.25) is 5.02 Å². The minimum absolute atomic E-state index is 0.560. The average Bonchev–Trinajstić information content (AvgIpc) is 2.99. The van der Waals surface area contributed by atoms with E-state index in [4.69, 9.17) is 16.3 Å². The predicted molar refractivity (Wildman–Crippen MR) is 102 cm³/mol. The molecule has 0 N–H and O–H groups in total. The number of aryl methyl sites for hydroxylation is 1. The molecular formula is C18H18ClN3OS. The van der Waals surface area contributed by atoms with Crippen molar-refractivity contribution in [2.75, 3.05) is 13.6 Å². The molecule has 4 nitrogen and oxygen atoms in total. The summed E-state index contributed by atoms with van der Waals surface area (Å²) in [6, 6.07) is 11.7. The molecule has 6 heteroatoms. The van der Waals surface area contributed by atoms with E-state index in [1.807, 2.05) is 55.3 Å². The summed E-state index contributed by atoms with van der Waals surface area (Å²) in [6.07, 6.45) is 1.78. The Labute approximate surface area is 150 Å². The van der Waals surface area contributed by atoms with E-state index in [0.717, 1.165) is 39.5 Å². The van der Waals surface area contributed by atoms with Crippen molar-refractivity contribution in [3.8, 4) is 10.8 Å². The molecule has 3 aromatic rings. The first-order chi connectivity index (χ1) is 11.6. The Kier molecular flexibility index (Phi) is 5.02. The lowest BCUT2D eigenvalue weighted by molar-refractivity contribution is 0.497. The van der Waals surface area contributed by atoms with E-state index in [1.54, 1.807) is 6.34 Å². The van der Waals surface area contributed by atoms with Gasteiger partial charge in [0, 0.05) is 31.2 Å². The molecule has 0 unspecified atom stereocenters. The van der Waals surface area contributed by atoms with E-state index >= 15 is 0 Å². The molecule has 124 valence electrons. The minimum atomic E-state index is 0.560. The number of nitrogens with zero attached hydrogens (tertiary/aromatic N) is 3. The number of rotatable bonds is 5. The van der Waals surface area contributed by atoms with Crippen LogP contribution in [0.4, 0.5) is 5.69 Å². The SMILES string of the molecule is CCN(C)/C=N\c1cc(C)c(Oc2snc3ccccc23)cc1Cl. The number of fused-ring (bicyclic) bond motifs is 1. The van der Waals surface area contributed by atoms with E-state index in [9.17, 15) is 0 Å². The van der Waals surface area contributed by atoms with Crippen LogP contribution in [0.5, 0.6) is 10.8 Å². The van der Waals surface area contributed by atoms with Crippen LogP contribution in [0.25, 0.3) is 10.9 Å². The molecule has 2 aromatic carbocycles. The summed E-state index contributed by atoms with van der Waals surface area (Å²) >= 11 is 7.70. The van der Waals surface area contributed by atoms with E-state index in [1.165, 1.54) is 11.5 Å². The summed E-state index contributed by atoms with van der Waals surface area (Å²) in [7, 11) is 1.97. The smallest absolute Gasteiger partial charge is 0.207 e. The van der Waals surface area contributed by atoms with Gasteiger partial charge in [0.05, 0.1) is 28.0 Å². The zero-order valence-corrected chi connectivity index (χ0v) is 15.4. The third-order valence-corrected chi connectivity index (χ3v) is 4.75. The molecule has 0 saturated heterocycles. The fourth-order valence-electron chi connectivity index (χ4n) is 2.14. The molecule has 1 heterocycles. The number of aliphatic imine (C=N–C) groups is 1. The molecule has 0 aliphatic rings. The molecule has 0 spiro atoms. The molecule has 0 atom stereocenters. The maximum Gasteiger partial charge on any atom is 0.207 e. The fraction of sp³-hybridized carbons (Fsp3) is 0.222. The first kappa shape index (κ1) is 16.7. The standard InChI is InChI=1S/C18H18ClN3OS/c1-4-22(3)11-20-16-9-12(2)17(10-14(16)19)23-18-13-7-5-6-8-15(13)21-24-18/h5-11H,4H2,1-3H3/b20-11-. The maximum absolute atomic E-state index is 6.36. The van der Waals surface area contributed by atoms with Crippen LogP contribution < -0.4 is 4.74 Å². The van der Waals surface area contributed by atoms with Crippen molar-refractivity contribution in [3.63, 3.8) is 0 Å². The van der Waals surface area contributed by atoms with Crippen LogP contribution in [0.15, 0.2) is 41.4 Å². The molecule has 3 rings (SSSR count). The summed E-state index contributed by atoms with van der Waals surface area (Å²) in [6.45, 7) is 4.94. The second-order valence-corrected chi connectivity index (χ2v) is 6.62. The zero-order chi connectivity index (χ0) is 17.1. The lowest BCUT2D eigenvalue weighted by Gasteiger charge is -2.11. The molecule has 0 aliphatic carbocycles. The van der Waals surface area contributed by atoms with Crippen LogP contribution in [-0.2, 0) is 0 Å². The van der Waals surface area contributed by atoms with Crippen molar-refractivity contribution in [2.45, 2.75) is 13.8 Å². The van der Waals surface area contributed by atoms with Crippen molar-refractivity contribution in [1.82, 2.24) is 9.27 Å². The molecule has 0 saturated carbocycles. The number of hydrogen-bond acceptors (Lipinski definition) is 4. The molecule has 0 aliphatic heterocycles.